The van der Waals surface area contributed by atoms with Crippen LogP contribution in [-0.2, 0) is 6.54 Å². The first-order valence-corrected chi connectivity index (χ1v) is 7.24. The quantitative estimate of drug-likeness (QED) is 0.796. The lowest BCUT2D eigenvalue weighted by molar-refractivity contribution is 0.623. The zero-order chi connectivity index (χ0) is 13.4. The van der Waals surface area contributed by atoms with Crippen molar-refractivity contribution < 1.29 is 0 Å². The lowest BCUT2D eigenvalue weighted by Crippen LogP contribution is -2.03. The predicted molar refractivity (Wildman–Crippen MR) is 79.1 cm³/mol. The van der Waals surface area contributed by atoms with E-state index in [0.717, 1.165) is 28.1 Å². The molecular weight excluding hydrogens is 256 g/mol. The largest absolute Gasteiger partial charge is 0.326 e. The molecule has 0 radical (unpaired) electrons. The lowest BCUT2D eigenvalue weighted by Gasteiger charge is -2.11. The van der Waals surface area contributed by atoms with E-state index >= 15 is 0 Å². The number of rotatable bonds is 3. The molecule has 0 aliphatic rings. The first-order chi connectivity index (χ1) is 9.20. The van der Waals surface area contributed by atoms with E-state index in [1.54, 1.807) is 11.3 Å². The maximum atomic E-state index is 5.69. The Morgan fingerprint density at radius 2 is 2.21 bits per heavy atom. The normalized spacial score (nSPS) is 11.6. The molecule has 0 saturated carbocycles. The monoisotopic (exact) mass is 272 g/mol. The number of aromatic nitrogens is 3. The van der Waals surface area contributed by atoms with Gasteiger partial charge in [0.1, 0.15) is 5.69 Å². The molecule has 19 heavy (non-hydrogen) atoms. The fourth-order valence-corrected chi connectivity index (χ4v) is 2.83. The molecule has 1 aromatic carbocycles. The van der Waals surface area contributed by atoms with Gasteiger partial charge in [0.2, 0.25) is 0 Å². The third-order valence-electron chi connectivity index (χ3n) is 3.17. The first kappa shape index (κ1) is 12.3. The maximum Gasteiger partial charge on any atom is 0.160 e. The number of benzene rings is 1. The second kappa shape index (κ2) is 4.75. The molecule has 0 unspecified atom stereocenters. The van der Waals surface area contributed by atoms with Gasteiger partial charge in [-0.1, -0.05) is 6.07 Å². The van der Waals surface area contributed by atoms with Crippen LogP contribution in [-0.4, -0.2) is 14.5 Å². The Labute approximate surface area is 115 Å². The van der Waals surface area contributed by atoms with E-state index in [2.05, 4.69) is 41.6 Å². The molecule has 0 atom stereocenters. The Bertz CT molecular complexity index is 698. The molecule has 0 aliphatic heterocycles. The van der Waals surface area contributed by atoms with Gasteiger partial charge in [-0.25, -0.2) is 9.97 Å². The first-order valence-electron chi connectivity index (χ1n) is 6.30. The highest BCUT2D eigenvalue weighted by Crippen LogP contribution is 2.28. The standard InChI is InChI=1S/C14H16N4S/c1-9(2)18-13-4-3-10(6-15)5-11(13)17-14(18)12-7-19-8-16-12/h3-5,7-9H,6,15H2,1-2H3. The summed E-state index contributed by atoms with van der Waals surface area (Å²) in [6, 6.07) is 6.56. The van der Waals surface area contributed by atoms with Crippen LogP contribution in [0.2, 0.25) is 0 Å². The molecule has 2 N–H and O–H groups in total. The number of fused-ring (bicyclic) bond motifs is 1. The van der Waals surface area contributed by atoms with Gasteiger partial charge in [-0.2, -0.15) is 0 Å². The highest BCUT2D eigenvalue weighted by Gasteiger charge is 2.16. The topological polar surface area (TPSA) is 56.7 Å². The minimum atomic E-state index is 0.338. The minimum Gasteiger partial charge on any atom is -0.326 e. The maximum absolute atomic E-state index is 5.69. The van der Waals surface area contributed by atoms with Gasteiger partial charge in [0.05, 0.1) is 16.5 Å². The van der Waals surface area contributed by atoms with Crippen molar-refractivity contribution in [1.29, 1.82) is 0 Å². The van der Waals surface area contributed by atoms with Crippen LogP contribution >= 0.6 is 11.3 Å². The summed E-state index contributed by atoms with van der Waals surface area (Å²) in [6.45, 7) is 4.86. The third-order valence-corrected chi connectivity index (χ3v) is 3.75. The number of nitrogens with two attached hydrogens (primary N) is 1. The van der Waals surface area contributed by atoms with Crippen molar-refractivity contribution in [3.05, 3.63) is 34.7 Å². The molecule has 2 aromatic heterocycles. The lowest BCUT2D eigenvalue weighted by atomic mass is 10.2. The molecule has 0 amide bonds. The Balaban J connectivity index is 2.29. The Morgan fingerprint density at radius 1 is 1.37 bits per heavy atom. The van der Waals surface area contributed by atoms with Crippen LogP contribution in [0.3, 0.4) is 0 Å². The van der Waals surface area contributed by atoms with Crippen molar-refractivity contribution in [2.45, 2.75) is 26.4 Å². The SMILES string of the molecule is CC(C)n1c(-c2cscn2)nc2cc(CN)ccc21. The van der Waals surface area contributed by atoms with Gasteiger partial charge in [0, 0.05) is 18.0 Å². The fourth-order valence-electron chi connectivity index (χ4n) is 2.30. The van der Waals surface area contributed by atoms with E-state index in [1.165, 1.54) is 0 Å². The summed E-state index contributed by atoms with van der Waals surface area (Å²) in [6.07, 6.45) is 0. The molecule has 0 aliphatic carbocycles. The molecule has 2 heterocycles. The summed E-state index contributed by atoms with van der Waals surface area (Å²) in [5.41, 5.74) is 11.7. The number of imidazole rings is 1. The molecule has 5 heteroatoms. The van der Waals surface area contributed by atoms with E-state index < -0.39 is 0 Å². The molecule has 4 nitrogen and oxygen atoms in total. The Hall–Kier alpha value is -1.72. The molecule has 0 fully saturated rings. The highest BCUT2D eigenvalue weighted by molar-refractivity contribution is 7.07. The van der Waals surface area contributed by atoms with Gasteiger partial charge in [-0.05, 0) is 31.5 Å². The van der Waals surface area contributed by atoms with E-state index in [4.69, 9.17) is 10.7 Å². The zero-order valence-corrected chi connectivity index (χ0v) is 11.8. The van der Waals surface area contributed by atoms with Crippen molar-refractivity contribution in [2.75, 3.05) is 0 Å². The van der Waals surface area contributed by atoms with Gasteiger partial charge in [0.15, 0.2) is 5.82 Å². The van der Waals surface area contributed by atoms with Crippen LogP contribution in [0.1, 0.15) is 25.5 Å². The summed E-state index contributed by atoms with van der Waals surface area (Å²) < 4.78 is 2.23. The van der Waals surface area contributed by atoms with E-state index in [0.29, 0.717) is 12.6 Å². The van der Waals surface area contributed by atoms with Crippen LogP contribution in [0.15, 0.2) is 29.1 Å². The average Bonchev–Trinajstić information content (AvgIpc) is 3.04. The van der Waals surface area contributed by atoms with Crippen molar-refractivity contribution in [1.82, 2.24) is 14.5 Å². The van der Waals surface area contributed by atoms with E-state index in [9.17, 15) is 0 Å². The van der Waals surface area contributed by atoms with Crippen molar-refractivity contribution >= 4 is 22.4 Å². The Kier molecular flexibility index (Phi) is 3.08. The average molecular weight is 272 g/mol. The Morgan fingerprint density at radius 3 is 2.84 bits per heavy atom. The van der Waals surface area contributed by atoms with Gasteiger partial charge >= 0.3 is 0 Å². The summed E-state index contributed by atoms with van der Waals surface area (Å²) in [4.78, 5) is 9.11. The predicted octanol–water partition coefficient (Wildman–Crippen LogP) is 3.20. The second-order valence-electron chi connectivity index (χ2n) is 4.80. The summed E-state index contributed by atoms with van der Waals surface area (Å²) in [5.74, 6) is 0.931. The molecule has 0 spiro atoms. The second-order valence-corrected chi connectivity index (χ2v) is 5.52. The van der Waals surface area contributed by atoms with Gasteiger partial charge in [0.25, 0.3) is 0 Å². The van der Waals surface area contributed by atoms with Crippen LogP contribution < -0.4 is 5.73 Å². The molecule has 98 valence electrons. The van der Waals surface area contributed by atoms with Crippen LogP contribution in [0.4, 0.5) is 0 Å². The van der Waals surface area contributed by atoms with Gasteiger partial charge in [-0.3, -0.25) is 0 Å². The van der Waals surface area contributed by atoms with Crippen LogP contribution in [0.5, 0.6) is 0 Å². The molecule has 3 aromatic rings. The molecule has 0 bridgehead atoms. The van der Waals surface area contributed by atoms with Crippen molar-refractivity contribution in [3.63, 3.8) is 0 Å². The van der Waals surface area contributed by atoms with E-state index in [-0.39, 0.29) is 0 Å². The zero-order valence-electron chi connectivity index (χ0n) is 11.0. The van der Waals surface area contributed by atoms with Crippen molar-refractivity contribution in [2.24, 2.45) is 5.73 Å². The number of nitrogens with zero attached hydrogens (tertiary/aromatic N) is 3. The molecular formula is C14H16N4S. The van der Waals surface area contributed by atoms with Gasteiger partial charge in [-0.15, -0.1) is 11.3 Å². The fraction of sp³-hybridized carbons (Fsp3) is 0.286. The summed E-state index contributed by atoms with van der Waals surface area (Å²) >= 11 is 1.59. The van der Waals surface area contributed by atoms with Gasteiger partial charge < -0.3 is 10.3 Å². The minimum absolute atomic E-state index is 0.338. The number of hydrogen-bond donors (Lipinski definition) is 1. The molecule has 3 rings (SSSR count). The highest BCUT2D eigenvalue weighted by atomic mass is 32.1. The van der Waals surface area contributed by atoms with Crippen LogP contribution in [0, 0.1) is 0 Å². The number of thiazole rings is 1. The number of hydrogen-bond acceptors (Lipinski definition) is 4. The van der Waals surface area contributed by atoms with Crippen molar-refractivity contribution in [3.8, 4) is 11.5 Å². The summed E-state index contributed by atoms with van der Waals surface area (Å²) in [7, 11) is 0. The van der Waals surface area contributed by atoms with E-state index in [1.807, 2.05) is 10.9 Å². The third kappa shape index (κ3) is 2.05. The molecule has 0 saturated heterocycles. The van der Waals surface area contributed by atoms with Crippen LogP contribution in [0.25, 0.3) is 22.6 Å². The smallest absolute Gasteiger partial charge is 0.160 e. The summed E-state index contributed by atoms with van der Waals surface area (Å²) in [5, 5.41) is 2.03.